The minimum atomic E-state index is -0.908. The Morgan fingerprint density at radius 3 is 3.07 bits per heavy atom. The van der Waals surface area contributed by atoms with Gasteiger partial charge in [0.05, 0.1) is 11.7 Å². The van der Waals surface area contributed by atoms with Crippen LogP contribution in [0.25, 0.3) is 0 Å². The Morgan fingerprint density at radius 2 is 2.43 bits per heavy atom. The number of carboxylic acids is 1. The Labute approximate surface area is 82.5 Å². The van der Waals surface area contributed by atoms with Crippen molar-refractivity contribution in [2.75, 3.05) is 0 Å². The maximum absolute atomic E-state index is 11.0. The van der Waals surface area contributed by atoms with E-state index >= 15 is 0 Å². The average Bonchev–Trinajstić information content (AvgIpc) is 2.37. The molecule has 0 radical (unpaired) electrons. The molecule has 0 spiro atoms. The van der Waals surface area contributed by atoms with Crippen LogP contribution in [0.5, 0.6) is 0 Å². The molecule has 0 saturated carbocycles. The van der Waals surface area contributed by atoms with Gasteiger partial charge in [-0.2, -0.15) is 0 Å². The first-order valence-corrected chi connectivity index (χ1v) is 4.81. The molecule has 4 heteroatoms. The minimum absolute atomic E-state index is 0.117. The number of allylic oxidation sites excluding steroid dienone is 1. The zero-order valence-corrected chi connectivity index (χ0v) is 8.32. The largest absolute Gasteiger partial charge is 0.478 e. The molecule has 2 aliphatic rings. The quantitative estimate of drug-likeness (QED) is 0.690. The van der Waals surface area contributed by atoms with Crippen molar-refractivity contribution in [3.8, 4) is 0 Å². The van der Waals surface area contributed by atoms with Crippen LogP contribution in [0.4, 0.5) is 0 Å². The number of hydrogen-bond donors (Lipinski definition) is 1. The van der Waals surface area contributed by atoms with Crippen LogP contribution in [-0.4, -0.2) is 29.1 Å². The number of ether oxygens (including phenoxy) is 2. The highest BCUT2D eigenvalue weighted by atomic mass is 16.7. The molecular weight excluding hydrogens is 184 g/mol. The summed E-state index contributed by atoms with van der Waals surface area (Å²) in [5.74, 6) is -0.908. The van der Waals surface area contributed by atoms with Gasteiger partial charge in [-0.15, -0.1) is 0 Å². The fourth-order valence-electron chi connectivity index (χ4n) is 2.27. The third kappa shape index (κ3) is 1.26. The van der Waals surface area contributed by atoms with Crippen LogP contribution >= 0.6 is 0 Å². The van der Waals surface area contributed by atoms with Crippen molar-refractivity contribution >= 4 is 5.97 Å². The SMILES string of the molecule is CC1OC2CCC=C(C(=O)O)C2(C)O1. The zero-order valence-electron chi connectivity index (χ0n) is 8.32. The number of carbonyl (C=O) groups is 1. The summed E-state index contributed by atoms with van der Waals surface area (Å²) in [7, 11) is 0. The molecule has 1 fully saturated rings. The highest BCUT2D eigenvalue weighted by molar-refractivity contribution is 5.89. The van der Waals surface area contributed by atoms with Crippen molar-refractivity contribution in [1.29, 1.82) is 0 Å². The van der Waals surface area contributed by atoms with E-state index < -0.39 is 11.6 Å². The summed E-state index contributed by atoms with van der Waals surface area (Å²) >= 11 is 0. The Kier molecular flexibility index (Phi) is 2.12. The Morgan fingerprint density at radius 1 is 1.71 bits per heavy atom. The summed E-state index contributed by atoms with van der Waals surface area (Å²) in [4.78, 5) is 11.0. The van der Waals surface area contributed by atoms with Gasteiger partial charge in [0, 0.05) is 0 Å². The summed E-state index contributed by atoms with van der Waals surface area (Å²) in [6.45, 7) is 3.59. The normalized spacial score (nSPS) is 41.7. The number of hydrogen-bond acceptors (Lipinski definition) is 3. The van der Waals surface area contributed by atoms with Crippen LogP contribution in [0.2, 0.25) is 0 Å². The number of fused-ring (bicyclic) bond motifs is 1. The van der Waals surface area contributed by atoms with Crippen molar-refractivity contribution in [2.45, 2.75) is 44.7 Å². The second-order valence-corrected chi connectivity index (χ2v) is 3.92. The molecule has 3 unspecified atom stereocenters. The van der Waals surface area contributed by atoms with Gasteiger partial charge in [0.1, 0.15) is 5.60 Å². The van der Waals surface area contributed by atoms with Crippen molar-refractivity contribution in [3.05, 3.63) is 11.6 Å². The van der Waals surface area contributed by atoms with Gasteiger partial charge in [0.15, 0.2) is 6.29 Å². The van der Waals surface area contributed by atoms with E-state index in [9.17, 15) is 4.79 Å². The van der Waals surface area contributed by atoms with Crippen LogP contribution in [0, 0.1) is 0 Å². The van der Waals surface area contributed by atoms with Gasteiger partial charge in [-0.25, -0.2) is 4.79 Å². The van der Waals surface area contributed by atoms with Crippen LogP contribution in [0.15, 0.2) is 11.6 Å². The predicted octanol–water partition coefficient (Wildman–Crippen LogP) is 1.31. The van der Waals surface area contributed by atoms with E-state index in [0.29, 0.717) is 5.57 Å². The fourth-order valence-corrected chi connectivity index (χ4v) is 2.27. The van der Waals surface area contributed by atoms with Crippen molar-refractivity contribution in [3.63, 3.8) is 0 Å². The van der Waals surface area contributed by atoms with Crippen molar-refractivity contribution in [1.82, 2.24) is 0 Å². The van der Waals surface area contributed by atoms with Gasteiger partial charge in [-0.3, -0.25) is 0 Å². The number of rotatable bonds is 1. The molecule has 1 aliphatic heterocycles. The molecular formula is C10H14O4. The lowest BCUT2D eigenvalue weighted by molar-refractivity contribution is -0.136. The maximum Gasteiger partial charge on any atom is 0.334 e. The molecule has 1 saturated heterocycles. The lowest BCUT2D eigenvalue weighted by Gasteiger charge is -2.32. The minimum Gasteiger partial charge on any atom is -0.478 e. The first-order chi connectivity index (χ1) is 6.54. The summed E-state index contributed by atoms with van der Waals surface area (Å²) < 4.78 is 11.1. The Balaban J connectivity index is 2.35. The van der Waals surface area contributed by atoms with Gasteiger partial charge in [-0.1, -0.05) is 6.08 Å². The molecule has 0 aromatic rings. The molecule has 1 aliphatic carbocycles. The maximum atomic E-state index is 11.0. The first kappa shape index (κ1) is 9.68. The zero-order chi connectivity index (χ0) is 10.3. The molecule has 0 aromatic carbocycles. The van der Waals surface area contributed by atoms with Gasteiger partial charge >= 0.3 is 5.97 Å². The van der Waals surface area contributed by atoms with E-state index in [0.717, 1.165) is 12.8 Å². The van der Waals surface area contributed by atoms with Gasteiger partial charge < -0.3 is 14.6 Å². The predicted molar refractivity (Wildman–Crippen MR) is 48.8 cm³/mol. The summed E-state index contributed by atoms with van der Waals surface area (Å²) in [6, 6.07) is 0. The topological polar surface area (TPSA) is 55.8 Å². The van der Waals surface area contributed by atoms with E-state index in [1.165, 1.54) is 0 Å². The summed E-state index contributed by atoms with van der Waals surface area (Å²) in [6.07, 6.45) is 2.88. The van der Waals surface area contributed by atoms with Gasteiger partial charge in [0.2, 0.25) is 0 Å². The smallest absolute Gasteiger partial charge is 0.334 e. The highest BCUT2D eigenvalue weighted by Gasteiger charge is 2.50. The van der Waals surface area contributed by atoms with Crippen LogP contribution in [0.1, 0.15) is 26.7 Å². The Hall–Kier alpha value is -0.870. The molecule has 2 rings (SSSR count). The fraction of sp³-hybridized carbons (Fsp3) is 0.700. The number of aliphatic carboxylic acids is 1. The first-order valence-electron chi connectivity index (χ1n) is 4.81. The highest BCUT2D eigenvalue weighted by Crippen LogP contribution is 2.41. The summed E-state index contributed by atoms with van der Waals surface area (Å²) in [5.41, 5.74) is -0.429. The molecule has 0 bridgehead atoms. The van der Waals surface area contributed by atoms with Crippen LogP contribution in [-0.2, 0) is 14.3 Å². The number of carboxylic acid groups (broad SMARTS) is 1. The molecule has 0 amide bonds. The average molecular weight is 198 g/mol. The van der Waals surface area contributed by atoms with E-state index in [2.05, 4.69) is 0 Å². The molecule has 3 atom stereocenters. The third-order valence-electron chi connectivity index (χ3n) is 2.92. The standard InChI is InChI=1S/C10H14O4/c1-6-13-8-5-3-4-7(9(11)12)10(8,2)14-6/h4,6,8H,3,5H2,1-2H3,(H,11,12). The van der Waals surface area contributed by atoms with Crippen molar-refractivity contribution in [2.24, 2.45) is 0 Å². The molecule has 78 valence electrons. The van der Waals surface area contributed by atoms with E-state index in [1.54, 1.807) is 19.9 Å². The van der Waals surface area contributed by atoms with Crippen LogP contribution in [0.3, 0.4) is 0 Å². The molecule has 4 nitrogen and oxygen atoms in total. The van der Waals surface area contributed by atoms with Gasteiger partial charge in [-0.05, 0) is 26.7 Å². The second-order valence-electron chi connectivity index (χ2n) is 3.92. The summed E-state index contributed by atoms with van der Waals surface area (Å²) in [5, 5.41) is 9.03. The van der Waals surface area contributed by atoms with Crippen LogP contribution < -0.4 is 0 Å². The Bertz CT molecular complexity index is 296. The van der Waals surface area contributed by atoms with E-state index in [-0.39, 0.29) is 12.4 Å². The van der Waals surface area contributed by atoms with Gasteiger partial charge in [0.25, 0.3) is 0 Å². The molecule has 0 aromatic heterocycles. The molecule has 14 heavy (non-hydrogen) atoms. The lowest BCUT2D eigenvalue weighted by atomic mass is 9.82. The van der Waals surface area contributed by atoms with Crippen molar-refractivity contribution < 1.29 is 19.4 Å². The van der Waals surface area contributed by atoms with E-state index in [1.807, 2.05) is 0 Å². The molecule has 1 heterocycles. The monoisotopic (exact) mass is 198 g/mol. The lowest BCUT2D eigenvalue weighted by Crippen LogP contribution is -2.43. The second kappa shape index (κ2) is 3.07. The third-order valence-corrected chi connectivity index (χ3v) is 2.92. The van der Waals surface area contributed by atoms with E-state index in [4.69, 9.17) is 14.6 Å². The molecule has 1 N–H and O–H groups in total.